The molecule has 0 spiro atoms. The van der Waals surface area contributed by atoms with E-state index in [2.05, 4.69) is 49.3 Å². The molecule has 1 N–H and O–H groups in total. The molecule has 0 bridgehead atoms. The predicted molar refractivity (Wildman–Crippen MR) is 120 cm³/mol. The van der Waals surface area contributed by atoms with Crippen LogP contribution in [0.3, 0.4) is 0 Å². The summed E-state index contributed by atoms with van der Waals surface area (Å²) in [7, 11) is 1.58. The van der Waals surface area contributed by atoms with Gasteiger partial charge in [0, 0.05) is 9.86 Å². The van der Waals surface area contributed by atoms with Crippen LogP contribution in [0.2, 0.25) is 0 Å². The van der Waals surface area contributed by atoms with Crippen LogP contribution in [-0.2, 0) is 0 Å². The summed E-state index contributed by atoms with van der Waals surface area (Å²) in [6, 6.07) is 10.8. The Morgan fingerprint density at radius 1 is 1.28 bits per heavy atom. The van der Waals surface area contributed by atoms with E-state index in [0.717, 1.165) is 26.3 Å². The van der Waals surface area contributed by atoms with Gasteiger partial charge >= 0.3 is 5.91 Å². The van der Waals surface area contributed by atoms with E-state index in [4.69, 9.17) is 13.9 Å². The Balaban J connectivity index is 1.73. The number of hydrogen-bond acceptors (Lipinski definition) is 5. The first-order chi connectivity index (χ1) is 13.9. The number of amides is 1. The van der Waals surface area contributed by atoms with Crippen molar-refractivity contribution in [1.29, 1.82) is 0 Å². The highest BCUT2D eigenvalue weighted by atomic mass is 79.9. The van der Waals surface area contributed by atoms with Gasteiger partial charge in [-0.2, -0.15) is 5.10 Å². The first kappa shape index (κ1) is 21.4. The highest BCUT2D eigenvalue weighted by Gasteiger charge is 2.14. The molecule has 1 atom stereocenters. The van der Waals surface area contributed by atoms with E-state index in [-0.39, 0.29) is 11.9 Å². The van der Waals surface area contributed by atoms with Crippen molar-refractivity contribution in [1.82, 2.24) is 5.43 Å². The molecule has 0 aliphatic rings. The van der Waals surface area contributed by atoms with E-state index in [1.165, 1.54) is 6.21 Å². The minimum atomic E-state index is -0.434. The van der Waals surface area contributed by atoms with Crippen LogP contribution in [0, 0.1) is 0 Å². The number of nitrogens with one attached hydrogen (secondary N) is 1. The molecule has 8 heteroatoms. The van der Waals surface area contributed by atoms with Gasteiger partial charge in [-0.3, -0.25) is 4.79 Å². The fourth-order valence-corrected chi connectivity index (χ4v) is 3.49. The first-order valence-electron chi connectivity index (χ1n) is 8.98. The molecule has 29 heavy (non-hydrogen) atoms. The lowest BCUT2D eigenvalue weighted by atomic mass is 10.2. The van der Waals surface area contributed by atoms with Crippen molar-refractivity contribution in [3.05, 3.63) is 56.7 Å². The fourth-order valence-electron chi connectivity index (χ4n) is 2.56. The van der Waals surface area contributed by atoms with Gasteiger partial charge in [-0.1, -0.05) is 22.9 Å². The Kier molecular flexibility index (Phi) is 6.97. The van der Waals surface area contributed by atoms with Gasteiger partial charge in [-0.05, 0) is 71.2 Å². The summed E-state index contributed by atoms with van der Waals surface area (Å²) in [6.45, 7) is 4.04. The number of methoxy groups -OCH3 is 1. The SMILES string of the molecule is CC[C@@H](C)Oc1c(Br)cc(/C=N/NC(=O)c2cc3cc(Br)ccc3o2)cc1OC. The van der Waals surface area contributed by atoms with Crippen molar-refractivity contribution >= 4 is 55.0 Å². The standard InChI is InChI=1S/C21H20Br2N2O4/c1-4-12(2)28-20-16(23)7-13(8-18(20)27-3)11-24-25-21(26)19-10-14-9-15(22)5-6-17(14)29-19/h5-12H,4H2,1-3H3,(H,25,26)/b24-11+/t12-/m1/s1. The number of halogens is 2. The predicted octanol–water partition coefficient (Wildman–Crippen LogP) is 5.91. The summed E-state index contributed by atoms with van der Waals surface area (Å²) in [5.74, 6) is 0.967. The molecule has 1 aromatic heterocycles. The van der Waals surface area contributed by atoms with Gasteiger partial charge < -0.3 is 13.9 Å². The van der Waals surface area contributed by atoms with E-state index in [1.54, 1.807) is 25.3 Å². The van der Waals surface area contributed by atoms with Gasteiger partial charge in [0.15, 0.2) is 17.3 Å². The van der Waals surface area contributed by atoms with Crippen molar-refractivity contribution in [2.45, 2.75) is 26.4 Å². The summed E-state index contributed by atoms with van der Waals surface area (Å²) in [5, 5.41) is 4.85. The number of fused-ring (bicyclic) bond motifs is 1. The fraction of sp³-hybridized carbons (Fsp3) is 0.238. The molecule has 1 amide bonds. The molecule has 0 fully saturated rings. The van der Waals surface area contributed by atoms with Crippen molar-refractivity contribution in [3.63, 3.8) is 0 Å². The smallest absolute Gasteiger partial charge is 0.307 e. The normalized spacial score (nSPS) is 12.3. The quantitative estimate of drug-likeness (QED) is 0.308. The van der Waals surface area contributed by atoms with Crippen LogP contribution in [0.4, 0.5) is 0 Å². The second-order valence-corrected chi connectivity index (χ2v) is 8.13. The van der Waals surface area contributed by atoms with Gasteiger partial charge in [-0.25, -0.2) is 5.43 Å². The van der Waals surface area contributed by atoms with E-state index in [9.17, 15) is 4.79 Å². The molecule has 1 heterocycles. The van der Waals surface area contributed by atoms with Crippen molar-refractivity contribution in [3.8, 4) is 11.5 Å². The van der Waals surface area contributed by atoms with Crippen molar-refractivity contribution in [2.75, 3.05) is 7.11 Å². The molecule has 3 aromatic rings. The average Bonchev–Trinajstić information content (AvgIpc) is 3.12. The molecule has 0 unspecified atom stereocenters. The molecule has 2 aromatic carbocycles. The van der Waals surface area contributed by atoms with Gasteiger partial charge in [0.05, 0.1) is 23.9 Å². The molecule has 3 rings (SSSR count). The van der Waals surface area contributed by atoms with E-state index in [1.807, 2.05) is 25.1 Å². The Bertz CT molecular complexity index is 1060. The van der Waals surface area contributed by atoms with Gasteiger partial charge in [-0.15, -0.1) is 0 Å². The number of benzene rings is 2. The molecular formula is C21H20Br2N2O4. The lowest BCUT2D eigenvalue weighted by molar-refractivity contribution is 0.0929. The Hall–Kier alpha value is -2.32. The van der Waals surface area contributed by atoms with Gasteiger partial charge in [0.2, 0.25) is 0 Å². The van der Waals surface area contributed by atoms with Crippen LogP contribution in [0.1, 0.15) is 36.4 Å². The number of ether oxygens (including phenoxy) is 2. The minimum Gasteiger partial charge on any atom is -0.493 e. The molecule has 0 radical (unpaired) electrons. The number of carbonyl (C=O) groups is 1. The largest absolute Gasteiger partial charge is 0.493 e. The number of nitrogens with zero attached hydrogens (tertiary/aromatic N) is 1. The molecule has 0 aliphatic heterocycles. The second-order valence-electron chi connectivity index (χ2n) is 6.36. The lowest BCUT2D eigenvalue weighted by Crippen LogP contribution is -2.16. The molecule has 0 aliphatic carbocycles. The third-order valence-electron chi connectivity index (χ3n) is 4.23. The molecular weight excluding hydrogens is 504 g/mol. The van der Waals surface area contributed by atoms with E-state index in [0.29, 0.717) is 17.1 Å². The summed E-state index contributed by atoms with van der Waals surface area (Å²) in [4.78, 5) is 12.3. The van der Waals surface area contributed by atoms with Crippen LogP contribution in [-0.4, -0.2) is 25.3 Å². The number of carbonyl (C=O) groups excluding carboxylic acids is 1. The van der Waals surface area contributed by atoms with Crippen LogP contribution in [0.15, 0.2) is 54.9 Å². The molecule has 6 nitrogen and oxygen atoms in total. The maximum atomic E-state index is 12.3. The minimum absolute atomic E-state index is 0.0587. The zero-order valence-electron chi connectivity index (χ0n) is 16.2. The lowest BCUT2D eigenvalue weighted by Gasteiger charge is -2.17. The monoisotopic (exact) mass is 522 g/mol. The molecule has 152 valence electrons. The summed E-state index contributed by atoms with van der Waals surface area (Å²) in [6.07, 6.45) is 2.46. The highest BCUT2D eigenvalue weighted by molar-refractivity contribution is 9.10. The van der Waals surface area contributed by atoms with Crippen LogP contribution in [0.5, 0.6) is 11.5 Å². The number of hydrazone groups is 1. The Morgan fingerprint density at radius 2 is 2.07 bits per heavy atom. The van der Waals surface area contributed by atoms with Gasteiger partial charge in [0.25, 0.3) is 0 Å². The number of rotatable bonds is 7. The van der Waals surface area contributed by atoms with E-state index < -0.39 is 5.91 Å². The second kappa shape index (κ2) is 9.45. The van der Waals surface area contributed by atoms with Crippen LogP contribution >= 0.6 is 31.9 Å². The first-order valence-corrected chi connectivity index (χ1v) is 10.6. The maximum absolute atomic E-state index is 12.3. The zero-order chi connectivity index (χ0) is 21.0. The number of hydrogen-bond donors (Lipinski definition) is 1. The van der Waals surface area contributed by atoms with Crippen molar-refractivity contribution < 1.29 is 18.7 Å². The van der Waals surface area contributed by atoms with Crippen LogP contribution in [0.25, 0.3) is 11.0 Å². The Morgan fingerprint density at radius 3 is 2.79 bits per heavy atom. The number of furan rings is 1. The van der Waals surface area contributed by atoms with Gasteiger partial charge in [0.1, 0.15) is 5.58 Å². The van der Waals surface area contributed by atoms with E-state index >= 15 is 0 Å². The van der Waals surface area contributed by atoms with Crippen molar-refractivity contribution in [2.24, 2.45) is 5.10 Å². The van der Waals surface area contributed by atoms with Crippen LogP contribution < -0.4 is 14.9 Å². The average molecular weight is 524 g/mol. The summed E-state index contributed by atoms with van der Waals surface area (Å²) >= 11 is 6.90. The highest BCUT2D eigenvalue weighted by Crippen LogP contribution is 2.37. The third-order valence-corrected chi connectivity index (χ3v) is 5.31. The summed E-state index contributed by atoms with van der Waals surface area (Å²) < 4.78 is 18.5. The topological polar surface area (TPSA) is 73.1 Å². The molecule has 0 saturated carbocycles. The maximum Gasteiger partial charge on any atom is 0.307 e. The molecule has 0 saturated heterocycles. The third kappa shape index (κ3) is 5.19. The summed E-state index contributed by atoms with van der Waals surface area (Å²) in [5.41, 5.74) is 3.84. The Labute approximate surface area is 185 Å². The zero-order valence-corrected chi connectivity index (χ0v) is 19.3.